The Morgan fingerprint density at radius 2 is 2.11 bits per heavy atom. The van der Waals surface area contributed by atoms with Crippen LogP contribution < -0.4 is 5.32 Å². The third-order valence-corrected chi connectivity index (χ3v) is 5.19. The molecule has 0 radical (unpaired) electrons. The van der Waals surface area contributed by atoms with Crippen molar-refractivity contribution in [1.82, 2.24) is 10.2 Å². The number of hydrogen-bond donors (Lipinski definition) is 1. The molecule has 1 saturated heterocycles. The first-order valence-electron chi connectivity index (χ1n) is 7.46. The van der Waals surface area contributed by atoms with Gasteiger partial charge >= 0.3 is 0 Å². The number of nitrogens with one attached hydrogen (secondary N) is 1. The molecule has 1 aliphatic heterocycles. The number of hydrogen-bond acceptors (Lipinski definition) is 2. The summed E-state index contributed by atoms with van der Waals surface area (Å²) < 4.78 is 1.21. The first-order chi connectivity index (χ1) is 9.24. The van der Waals surface area contributed by atoms with Gasteiger partial charge in [0.05, 0.1) is 0 Å². The molecular formula is C16H23BrN2. The van der Waals surface area contributed by atoms with E-state index < -0.39 is 0 Å². The second kappa shape index (κ2) is 5.94. The Morgan fingerprint density at radius 1 is 1.32 bits per heavy atom. The molecule has 3 heteroatoms. The minimum absolute atomic E-state index is 0.422. The number of likely N-dealkylation sites (tertiary alicyclic amines) is 1. The number of halogens is 1. The molecule has 104 valence electrons. The van der Waals surface area contributed by atoms with Gasteiger partial charge in [0.2, 0.25) is 0 Å². The smallest absolute Gasteiger partial charge is 0.0303 e. The minimum atomic E-state index is 0.422. The maximum absolute atomic E-state index is 3.70. The minimum Gasteiger partial charge on any atom is -0.310 e. The molecule has 0 spiro atoms. The van der Waals surface area contributed by atoms with Crippen molar-refractivity contribution in [3.05, 3.63) is 34.3 Å². The van der Waals surface area contributed by atoms with Crippen LogP contribution in [0.3, 0.4) is 0 Å². The lowest BCUT2D eigenvalue weighted by Crippen LogP contribution is -2.29. The van der Waals surface area contributed by atoms with E-state index in [-0.39, 0.29) is 0 Å². The van der Waals surface area contributed by atoms with Gasteiger partial charge in [-0.3, -0.25) is 0 Å². The van der Waals surface area contributed by atoms with Crippen molar-refractivity contribution in [2.45, 2.75) is 38.3 Å². The van der Waals surface area contributed by atoms with Gasteiger partial charge in [0.15, 0.2) is 0 Å². The molecule has 1 N–H and O–H groups in total. The molecule has 2 aliphatic rings. The molecule has 1 heterocycles. The van der Waals surface area contributed by atoms with E-state index in [1.165, 1.54) is 42.4 Å². The molecule has 1 saturated carbocycles. The van der Waals surface area contributed by atoms with Gasteiger partial charge in [-0.25, -0.2) is 0 Å². The maximum atomic E-state index is 3.70. The van der Waals surface area contributed by atoms with Gasteiger partial charge in [0, 0.05) is 23.1 Å². The van der Waals surface area contributed by atoms with Gasteiger partial charge in [-0.2, -0.15) is 0 Å². The predicted octanol–water partition coefficient (Wildman–Crippen LogP) is 3.58. The predicted molar refractivity (Wildman–Crippen MR) is 83.3 cm³/mol. The number of nitrogens with zero attached hydrogens (tertiary/aromatic N) is 1. The van der Waals surface area contributed by atoms with Crippen LogP contribution in [0, 0.1) is 5.92 Å². The van der Waals surface area contributed by atoms with Crippen LogP contribution in [0.1, 0.15) is 37.8 Å². The summed E-state index contributed by atoms with van der Waals surface area (Å²) in [5.74, 6) is 0.838. The summed E-state index contributed by atoms with van der Waals surface area (Å²) in [6, 6.07) is 9.87. The maximum Gasteiger partial charge on any atom is 0.0303 e. The molecule has 1 aromatic carbocycles. The second-order valence-electron chi connectivity index (χ2n) is 6.03. The van der Waals surface area contributed by atoms with Crippen LogP contribution in [-0.2, 0) is 0 Å². The zero-order valence-electron chi connectivity index (χ0n) is 11.6. The fourth-order valence-electron chi connectivity index (χ4n) is 3.08. The topological polar surface area (TPSA) is 15.3 Å². The highest BCUT2D eigenvalue weighted by atomic mass is 79.9. The number of benzene rings is 1. The van der Waals surface area contributed by atoms with Gasteiger partial charge in [0.1, 0.15) is 0 Å². The van der Waals surface area contributed by atoms with Gasteiger partial charge < -0.3 is 10.2 Å². The van der Waals surface area contributed by atoms with Crippen molar-refractivity contribution in [3.8, 4) is 0 Å². The highest BCUT2D eigenvalue weighted by molar-refractivity contribution is 9.10. The lowest BCUT2D eigenvalue weighted by atomic mass is 10.1. The van der Waals surface area contributed by atoms with Crippen LogP contribution in [-0.4, -0.2) is 30.6 Å². The zero-order valence-corrected chi connectivity index (χ0v) is 13.2. The first-order valence-corrected chi connectivity index (χ1v) is 8.25. The third-order valence-electron chi connectivity index (χ3n) is 4.46. The summed E-state index contributed by atoms with van der Waals surface area (Å²) in [5.41, 5.74) is 1.36. The largest absolute Gasteiger partial charge is 0.310 e. The van der Waals surface area contributed by atoms with Crippen molar-refractivity contribution in [2.24, 2.45) is 5.92 Å². The molecule has 3 rings (SSSR count). The van der Waals surface area contributed by atoms with E-state index in [2.05, 4.69) is 57.3 Å². The van der Waals surface area contributed by atoms with E-state index in [4.69, 9.17) is 0 Å². The van der Waals surface area contributed by atoms with Crippen LogP contribution in [0.5, 0.6) is 0 Å². The molecular weight excluding hydrogens is 300 g/mol. The van der Waals surface area contributed by atoms with Crippen LogP contribution in [0.2, 0.25) is 0 Å². The summed E-state index contributed by atoms with van der Waals surface area (Å²) in [4.78, 5) is 2.69. The van der Waals surface area contributed by atoms with E-state index in [0.29, 0.717) is 6.04 Å². The Morgan fingerprint density at radius 3 is 2.84 bits per heavy atom. The lowest BCUT2D eigenvalue weighted by Gasteiger charge is -2.19. The fourth-order valence-corrected chi connectivity index (χ4v) is 3.71. The SMILES string of the molecule is CC(NCC1CCN(C2CC2)C1)c1ccccc1Br. The summed E-state index contributed by atoms with van der Waals surface area (Å²) in [7, 11) is 0. The molecule has 1 aliphatic carbocycles. The quantitative estimate of drug-likeness (QED) is 0.891. The molecule has 2 nitrogen and oxygen atoms in total. The van der Waals surface area contributed by atoms with Gasteiger partial charge in [-0.1, -0.05) is 34.1 Å². The second-order valence-corrected chi connectivity index (χ2v) is 6.89. The third kappa shape index (κ3) is 3.39. The average Bonchev–Trinajstić information content (AvgIpc) is 3.16. The van der Waals surface area contributed by atoms with Gasteiger partial charge in [-0.15, -0.1) is 0 Å². The summed E-state index contributed by atoms with van der Waals surface area (Å²) in [6.07, 6.45) is 4.24. The summed E-state index contributed by atoms with van der Waals surface area (Å²) in [6.45, 7) is 6.03. The van der Waals surface area contributed by atoms with E-state index in [0.717, 1.165) is 18.5 Å². The van der Waals surface area contributed by atoms with Crippen molar-refractivity contribution in [1.29, 1.82) is 0 Å². The molecule has 2 atom stereocenters. The summed E-state index contributed by atoms with van der Waals surface area (Å²) in [5, 5.41) is 3.70. The molecule has 0 aromatic heterocycles. The van der Waals surface area contributed by atoms with Crippen LogP contribution >= 0.6 is 15.9 Å². The Labute approximate surface area is 124 Å². The zero-order chi connectivity index (χ0) is 13.2. The van der Waals surface area contributed by atoms with Crippen LogP contribution in [0.15, 0.2) is 28.7 Å². The van der Waals surface area contributed by atoms with Crippen LogP contribution in [0.25, 0.3) is 0 Å². The Hall–Kier alpha value is -0.380. The van der Waals surface area contributed by atoms with Crippen molar-refractivity contribution in [2.75, 3.05) is 19.6 Å². The highest BCUT2D eigenvalue weighted by Gasteiger charge is 2.34. The first kappa shape index (κ1) is 13.6. The van der Waals surface area contributed by atoms with E-state index in [1.807, 2.05) is 0 Å². The van der Waals surface area contributed by atoms with Crippen molar-refractivity contribution >= 4 is 15.9 Å². The normalized spacial score (nSPS) is 25.7. The lowest BCUT2D eigenvalue weighted by molar-refractivity contribution is 0.310. The molecule has 1 aromatic rings. The number of rotatable bonds is 5. The van der Waals surface area contributed by atoms with Gasteiger partial charge in [-0.05, 0) is 56.8 Å². The Bertz CT molecular complexity index is 431. The van der Waals surface area contributed by atoms with E-state index in [9.17, 15) is 0 Å². The standard InChI is InChI=1S/C16H23BrN2/c1-12(15-4-2-3-5-16(15)17)18-10-13-8-9-19(11-13)14-6-7-14/h2-5,12-14,18H,6-11H2,1H3. The molecule has 0 amide bonds. The Balaban J connectivity index is 1.48. The molecule has 19 heavy (non-hydrogen) atoms. The molecule has 0 bridgehead atoms. The fraction of sp³-hybridized carbons (Fsp3) is 0.625. The van der Waals surface area contributed by atoms with Crippen LogP contribution in [0.4, 0.5) is 0 Å². The Kier molecular flexibility index (Phi) is 4.25. The highest BCUT2D eigenvalue weighted by Crippen LogP contribution is 2.31. The summed E-state index contributed by atoms with van der Waals surface area (Å²) >= 11 is 3.64. The molecule has 2 fully saturated rings. The van der Waals surface area contributed by atoms with Crippen molar-refractivity contribution in [3.63, 3.8) is 0 Å². The van der Waals surface area contributed by atoms with E-state index >= 15 is 0 Å². The molecule has 2 unspecified atom stereocenters. The van der Waals surface area contributed by atoms with E-state index in [1.54, 1.807) is 0 Å². The average molecular weight is 323 g/mol. The monoisotopic (exact) mass is 322 g/mol. The van der Waals surface area contributed by atoms with Gasteiger partial charge in [0.25, 0.3) is 0 Å². The van der Waals surface area contributed by atoms with Crippen molar-refractivity contribution < 1.29 is 0 Å².